The van der Waals surface area contributed by atoms with Crippen molar-refractivity contribution in [2.24, 2.45) is 0 Å². The molecule has 2 bridgehead atoms. The molecule has 0 amide bonds. The Labute approximate surface area is 56.2 Å². The molecule has 2 heteroatoms. The average molecular weight is 126 g/mol. The molecule has 3 aliphatic rings. The molecule has 0 aromatic rings. The molecule has 0 saturated carbocycles. The molecule has 3 heterocycles. The first-order valence-electron chi connectivity index (χ1n) is 3.73. The van der Waals surface area contributed by atoms with E-state index in [-0.39, 0.29) is 0 Å². The standard InChI is InChI=1S/C7H14N2/c1-5-7-3-6(8-7)4-9(5)2/h5-8H,3-4H2,1-2H3/t5-,6?,7?/m0/s1. The highest BCUT2D eigenvalue weighted by atomic mass is 15.3. The molecule has 3 saturated heterocycles. The number of hydrogen-bond acceptors (Lipinski definition) is 2. The van der Waals surface area contributed by atoms with E-state index in [0.29, 0.717) is 0 Å². The summed E-state index contributed by atoms with van der Waals surface area (Å²) in [6.45, 7) is 3.55. The zero-order valence-corrected chi connectivity index (χ0v) is 6.09. The Morgan fingerprint density at radius 1 is 1.56 bits per heavy atom. The molecular formula is C7H14N2. The maximum absolute atomic E-state index is 3.52. The average Bonchev–Trinajstić information content (AvgIpc) is 1.72. The molecule has 3 fully saturated rings. The lowest BCUT2D eigenvalue weighted by Gasteiger charge is -2.51. The normalized spacial score (nSPS) is 50.7. The third-order valence-corrected chi connectivity index (χ3v) is 2.77. The topological polar surface area (TPSA) is 15.3 Å². The van der Waals surface area contributed by atoms with Gasteiger partial charge >= 0.3 is 0 Å². The molecule has 2 unspecified atom stereocenters. The molecule has 0 aliphatic carbocycles. The second-order valence-electron chi connectivity index (χ2n) is 3.39. The van der Waals surface area contributed by atoms with Crippen LogP contribution >= 0.6 is 0 Å². The van der Waals surface area contributed by atoms with Crippen LogP contribution in [0.1, 0.15) is 13.3 Å². The third kappa shape index (κ3) is 0.700. The summed E-state index contributed by atoms with van der Waals surface area (Å²) in [4.78, 5) is 2.44. The number of nitrogens with one attached hydrogen (secondary N) is 1. The Morgan fingerprint density at radius 2 is 2.22 bits per heavy atom. The number of rotatable bonds is 0. The summed E-state index contributed by atoms with van der Waals surface area (Å²) in [6, 6.07) is 2.37. The number of hydrogen-bond donors (Lipinski definition) is 1. The summed E-state index contributed by atoms with van der Waals surface area (Å²) in [5.41, 5.74) is 0. The minimum Gasteiger partial charge on any atom is -0.308 e. The number of likely N-dealkylation sites (N-methyl/N-ethyl adjacent to an activating group) is 1. The van der Waals surface area contributed by atoms with Crippen molar-refractivity contribution < 1.29 is 0 Å². The fourth-order valence-electron chi connectivity index (χ4n) is 1.87. The number of piperazine rings is 1. The Kier molecular flexibility index (Phi) is 1.08. The third-order valence-electron chi connectivity index (χ3n) is 2.77. The lowest BCUT2D eigenvalue weighted by atomic mass is 9.86. The van der Waals surface area contributed by atoms with Crippen molar-refractivity contribution in [2.45, 2.75) is 31.5 Å². The zero-order valence-electron chi connectivity index (χ0n) is 6.09. The van der Waals surface area contributed by atoms with Crippen molar-refractivity contribution in [2.75, 3.05) is 13.6 Å². The smallest absolute Gasteiger partial charge is 0.0239 e. The van der Waals surface area contributed by atoms with Gasteiger partial charge in [0.2, 0.25) is 0 Å². The molecule has 52 valence electrons. The predicted molar refractivity (Wildman–Crippen MR) is 37.4 cm³/mol. The Hall–Kier alpha value is -0.0800. The van der Waals surface area contributed by atoms with Crippen molar-refractivity contribution >= 4 is 0 Å². The summed E-state index contributed by atoms with van der Waals surface area (Å²) in [5.74, 6) is 0. The van der Waals surface area contributed by atoms with Gasteiger partial charge in [-0.05, 0) is 20.4 Å². The van der Waals surface area contributed by atoms with Crippen molar-refractivity contribution in [3.8, 4) is 0 Å². The summed E-state index contributed by atoms with van der Waals surface area (Å²) >= 11 is 0. The molecule has 1 N–H and O–H groups in total. The van der Waals surface area contributed by atoms with Gasteiger partial charge in [-0.2, -0.15) is 0 Å². The van der Waals surface area contributed by atoms with E-state index >= 15 is 0 Å². The van der Waals surface area contributed by atoms with Gasteiger partial charge in [0, 0.05) is 24.7 Å². The molecule has 9 heavy (non-hydrogen) atoms. The van der Waals surface area contributed by atoms with E-state index < -0.39 is 0 Å². The quantitative estimate of drug-likeness (QED) is 0.493. The Morgan fingerprint density at radius 3 is 2.56 bits per heavy atom. The molecule has 0 aromatic carbocycles. The zero-order chi connectivity index (χ0) is 6.43. The van der Waals surface area contributed by atoms with Crippen LogP contribution in [0.2, 0.25) is 0 Å². The second kappa shape index (κ2) is 1.70. The maximum atomic E-state index is 3.52. The van der Waals surface area contributed by atoms with E-state index in [4.69, 9.17) is 0 Å². The summed E-state index contributed by atoms with van der Waals surface area (Å²) in [5, 5.41) is 3.52. The number of nitrogens with zero attached hydrogens (tertiary/aromatic N) is 1. The minimum absolute atomic E-state index is 0.759. The summed E-state index contributed by atoms with van der Waals surface area (Å²) in [7, 11) is 2.21. The Balaban J connectivity index is 2.04. The largest absolute Gasteiger partial charge is 0.308 e. The molecule has 0 spiro atoms. The predicted octanol–water partition coefficient (Wildman–Crippen LogP) is 0.0508. The van der Waals surface area contributed by atoms with Gasteiger partial charge in [-0.1, -0.05) is 0 Å². The van der Waals surface area contributed by atoms with Crippen LogP contribution in [0.3, 0.4) is 0 Å². The van der Waals surface area contributed by atoms with Gasteiger partial charge < -0.3 is 10.2 Å². The van der Waals surface area contributed by atoms with Gasteiger partial charge in [-0.25, -0.2) is 0 Å². The van der Waals surface area contributed by atoms with E-state index in [1.54, 1.807) is 0 Å². The highest BCUT2D eigenvalue weighted by Crippen LogP contribution is 2.24. The van der Waals surface area contributed by atoms with Crippen molar-refractivity contribution in [1.29, 1.82) is 0 Å². The highest BCUT2D eigenvalue weighted by Gasteiger charge is 2.39. The van der Waals surface area contributed by atoms with Crippen LogP contribution in [0.5, 0.6) is 0 Å². The van der Waals surface area contributed by atoms with Crippen LogP contribution in [-0.2, 0) is 0 Å². The van der Waals surface area contributed by atoms with E-state index in [2.05, 4.69) is 24.2 Å². The van der Waals surface area contributed by atoms with Crippen LogP contribution in [0.4, 0.5) is 0 Å². The maximum Gasteiger partial charge on any atom is 0.0239 e. The van der Waals surface area contributed by atoms with Gasteiger partial charge in [-0.3, -0.25) is 0 Å². The van der Waals surface area contributed by atoms with E-state index in [1.807, 2.05) is 0 Å². The van der Waals surface area contributed by atoms with Crippen LogP contribution < -0.4 is 5.32 Å². The first-order valence-corrected chi connectivity index (χ1v) is 3.73. The number of fused-ring (bicyclic) bond motifs is 2. The Bertz CT molecular complexity index is 116. The minimum atomic E-state index is 0.759. The second-order valence-corrected chi connectivity index (χ2v) is 3.39. The van der Waals surface area contributed by atoms with Crippen LogP contribution in [0, 0.1) is 0 Å². The van der Waals surface area contributed by atoms with Crippen LogP contribution in [0.25, 0.3) is 0 Å². The first-order chi connectivity index (χ1) is 4.27. The van der Waals surface area contributed by atoms with Gasteiger partial charge in [0.1, 0.15) is 0 Å². The first kappa shape index (κ1) is 5.69. The highest BCUT2D eigenvalue weighted by molar-refractivity contribution is 5.01. The fourth-order valence-corrected chi connectivity index (χ4v) is 1.87. The fraction of sp³-hybridized carbons (Fsp3) is 1.00. The SMILES string of the molecule is C[C@H]1C2CC(CN1C)N2. The molecule has 0 radical (unpaired) electrons. The van der Waals surface area contributed by atoms with Crippen molar-refractivity contribution in [1.82, 2.24) is 10.2 Å². The van der Waals surface area contributed by atoms with Crippen molar-refractivity contribution in [3.63, 3.8) is 0 Å². The van der Waals surface area contributed by atoms with Gasteiger partial charge in [0.05, 0.1) is 0 Å². The molecule has 2 nitrogen and oxygen atoms in total. The van der Waals surface area contributed by atoms with Gasteiger partial charge in [0.25, 0.3) is 0 Å². The number of piperidine rings is 1. The van der Waals surface area contributed by atoms with Crippen LogP contribution in [0.15, 0.2) is 0 Å². The molecular weight excluding hydrogens is 112 g/mol. The van der Waals surface area contributed by atoms with Gasteiger partial charge in [0.15, 0.2) is 0 Å². The molecule has 3 atom stereocenters. The molecule has 3 aliphatic heterocycles. The summed E-state index contributed by atoms with van der Waals surface area (Å²) < 4.78 is 0. The van der Waals surface area contributed by atoms with E-state index in [1.165, 1.54) is 13.0 Å². The lowest BCUT2D eigenvalue weighted by Crippen LogP contribution is -2.69. The monoisotopic (exact) mass is 126 g/mol. The summed E-state index contributed by atoms with van der Waals surface area (Å²) in [6.07, 6.45) is 1.41. The van der Waals surface area contributed by atoms with E-state index in [0.717, 1.165) is 18.1 Å². The van der Waals surface area contributed by atoms with Gasteiger partial charge in [-0.15, -0.1) is 0 Å². The van der Waals surface area contributed by atoms with Crippen molar-refractivity contribution in [3.05, 3.63) is 0 Å². The molecule has 3 rings (SSSR count). The van der Waals surface area contributed by atoms with Crippen LogP contribution in [-0.4, -0.2) is 36.6 Å². The lowest BCUT2D eigenvalue weighted by molar-refractivity contribution is 0.0454. The van der Waals surface area contributed by atoms with E-state index in [9.17, 15) is 0 Å². The molecule has 0 aromatic heterocycles.